The Morgan fingerprint density at radius 1 is 0.897 bits per heavy atom. The largest absolute Gasteiger partial charge is 0.463 e. The summed E-state index contributed by atoms with van der Waals surface area (Å²) in [4.78, 5) is 55.8. The Hall–Kier alpha value is -5.15. The summed E-state index contributed by atoms with van der Waals surface area (Å²) in [5.74, 6) is -3.48. The maximum atomic E-state index is 14.8. The predicted octanol–water partition coefficient (Wildman–Crippen LogP) is 6.00. The molecule has 1 spiro atoms. The monoisotopic (exact) mass is 812 g/mol. The summed E-state index contributed by atoms with van der Waals surface area (Å²) in [5.41, 5.74) is 0.817. The van der Waals surface area contributed by atoms with Crippen LogP contribution >= 0.6 is 0 Å². The van der Waals surface area contributed by atoms with E-state index >= 15 is 0 Å². The van der Waals surface area contributed by atoms with Crippen molar-refractivity contribution in [3.8, 4) is 16.9 Å². The van der Waals surface area contributed by atoms with Crippen LogP contribution in [0.4, 0.5) is 0 Å². The molecule has 0 N–H and O–H groups in total. The summed E-state index contributed by atoms with van der Waals surface area (Å²) in [5, 5.41) is 0. The zero-order chi connectivity index (χ0) is 41.2. The molecule has 3 aliphatic heterocycles. The zero-order valence-electron chi connectivity index (χ0n) is 33.3. The highest BCUT2D eigenvalue weighted by atomic mass is 32.2. The van der Waals surface area contributed by atoms with Gasteiger partial charge in [0.15, 0.2) is 0 Å². The van der Waals surface area contributed by atoms with Gasteiger partial charge in [0, 0.05) is 43.8 Å². The van der Waals surface area contributed by atoms with Crippen molar-refractivity contribution in [2.24, 2.45) is 5.41 Å². The molecule has 1 fully saturated rings. The fourth-order valence-corrected chi connectivity index (χ4v) is 8.69. The number of nitrogens with zero attached hydrogens (tertiary/aromatic N) is 2. The molecule has 14 heteroatoms. The van der Waals surface area contributed by atoms with Crippen molar-refractivity contribution in [1.82, 2.24) is 8.87 Å². The predicted molar refractivity (Wildman–Crippen MR) is 213 cm³/mol. The molecule has 4 aromatic rings. The van der Waals surface area contributed by atoms with Gasteiger partial charge in [-0.25, -0.2) is 4.79 Å². The maximum Gasteiger partial charge on any atom is 0.355 e. The molecule has 13 nitrogen and oxygen atoms in total. The molecule has 3 aromatic carbocycles. The van der Waals surface area contributed by atoms with Gasteiger partial charge in [0.05, 0.1) is 31.1 Å². The third-order valence-corrected chi connectivity index (χ3v) is 12.0. The average molecular weight is 813 g/mol. The highest BCUT2D eigenvalue weighted by molar-refractivity contribution is 7.78. The van der Waals surface area contributed by atoms with E-state index < -0.39 is 58.8 Å². The minimum Gasteiger partial charge on any atom is -0.463 e. The van der Waals surface area contributed by atoms with Crippen LogP contribution in [0.15, 0.2) is 89.7 Å². The lowest BCUT2D eigenvalue weighted by molar-refractivity contribution is -0.306. The lowest BCUT2D eigenvalue weighted by Gasteiger charge is -2.42. The summed E-state index contributed by atoms with van der Waals surface area (Å²) in [6.45, 7) is 8.86. The Kier molecular flexibility index (Phi) is 11.7. The Bertz CT molecular complexity index is 2260. The summed E-state index contributed by atoms with van der Waals surface area (Å²) < 4.78 is 53.1. The smallest absolute Gasteiger partial charge is 0.355 e. The SMILES string of the molecule is CCOC(=O)C(CC)(OC(=O)C1Cc2ccccc2CN1S(=O)Oc1ccc(-c2ccccc2)cc1)c1cc2n(c(=O)c1COC(C)=O)CCC21OCC(C)(C)CO1. The number of benzene rings is 3. The Morgan fingerprint density at radius 2 is 1.55 bits per heavy atom. The number of carbonyl (C=O) groups is 3. The van der Waals surface area contributed by atoms with Gasteiger partial charge in [-0.2, -0.15) is 8.51 Å². The number of carbonyl (C=O) groups excluding carboxylic acids is 3. The molecular weight excluding hydrogens is 765 g/mol. The highest BCUT2D eigenvalue weighted by Gasteiger charge is 2.53. The number of aromatic nitrogens is 1. The first kappa shape index (κ1) is 41.0. The molecule has 3 atom stereocenters. The van der Waals surface area contributed by atoms with Gasteiger partial charge in [-0.1, -0.05) is 87.5 Å². The van der Waals surface area contributed by atoms with Gasteiger partial charge in [-0.05, 0) is 53.8 Å². The van der Waals surface area contributed by atoms with Gasteiger partial charge in [-0.3, -0.25) is 14.4 Å². The van der Waals surface area contributed by atoms with E-state index in [1.54, 1.807) is 32.0 Å². The quantitative estimate of drug-likeness (QED) is 0.122. The molecule has 58 heavy (non-hydrogen) atoms. The molecule has 306 valence electrons. The first-order valence-corrected chi connectivity index (χ1v) is 20.5. The molecule has 1 aromatic heterocycles. The normalized spacial score (nSPS) is 19.6. The number of hydrogen-bond donors (Lipinski definition) is 0. The van der Waals surface area contributed by atoms with Gasteiger partial charge in [0.1, 0.15) is 18.4 Å². The molecule has 3 unspecified atom stereocenters. The number of esters is 3. The van der Waals surface area contributed by atoms with Crippen LogP contribution in [-0.2, 0) is 86.8 Å². The molecule has 7 rings (SSSR count). The standard InChI is InChI=1S/C44H48N2O11S/c1-6-43(41(50)52-7-2,36-24-38-44(54-27-42(4,5)28-55-44)21-22-45(38)39(48)35(36)26-53-29(3)47)56-40(49)37-23-32-15-11-12-16-33(32)25-46(37)58(51)57-34-19-17-31(18-20-34)30-13-9-8-10-14-30/h8-20,24,37H,6-7,21-23,25-28H2,1-5H3. The second kappa shape index (κ2) is 16.6. The van der Waals surface area contributed by atoms with Crippen molar-refractivity contribution < 1.29 is 46.5 Å². The fraction of sp³-hybridized carbons (Fsp3) is 0.409. The van der Waals surface area contributed by atoms with Crippen LogP contribution in [0.1, 0.15) is 75.4 Å². The number of pyridine rings is 1. The molecule has 0 amide bonds. The van der Waals surface area contributed by atoms with Crippen LogP contribution in [0.2, 0.25) is 0 Å². The van der Waals surface area contributed by atoms with Crippen LogP contribution in [0, 0.1) is 5.41 Å². The van der Waals surface area contributed by atoms with Crippen LogP contribution in [-0.4, -0.2) is 56.9 Å². The molecule has 0 aliphatic carbocycles. The van der Waals surface area contributed by atoms with Gasteiger partial charge >= 0.3 is 17.9 Å². The molecule has 4 heterocycles. The Balaban J connectivity index is 1.28. The Labute approximate surface area is 339 Å². The molecule has 0 bridgehead atoms. The van der Waals surface area contributed by atoms with Gasteiger partial charge in [0.2, 0.25) is 11.4 Å². The van der Waals surface area contributed by atoms with E-state index in [4.69, 9.17) is 27.9 Å². The van der Waals surface area contributed by atoms with Crippen LogP contribution in [0.25, 0.3) is 11.1 Å². The number of ether oxygens (including phenoxy) is 5. The van der Waals surface area contributed by atoms with E-state index in [1.165, 1.54) is 15.8 Å². The van der Waals surface area contributed by atoms with Crippen molar-refractivity contribution >= 4 is 29.2 Å². The van der Waals surface area contributed by atoms with Gasteiger partial charge < -0.3 is 32.4 Å². The van der Waals surface area contributed by atoms with E-state index in [9.17, 15) is 23.4 Å². The lowest BCUT2D eigenvalue weighted by Crippen LogP contribution is -2.52. The summed E-state index contributed by atoms with van der Waals surface area (Å²) in [6, 6.07) is 24.8. The van der Waals surface area contributed by atoms with E-state index in [0.717, 1.165) is 22.3 Å². The number of fused-ring (bicyclic) bond motifs is 3. The van der Waals surface area contributed by atoms with Crippen molar-refractivity contribution in [3.63, 3.8) is 0 Å². The lowest BCUT2D eigenvalue weighted by atomic mass is 9.86. The summed E-state index contributed by atoms with van der Waals surface area (Å²) in [7, 11) is 0. The second-order valence-electron chi connectivity index (χ2n) is 15.5. The first-order valence-electron chi connectivity index (χ1n) is 19.5. The van der Waals surface area contributed by atoms with Gasteiger partial charge in [-0.15, -0.1) is 0 Å². The topological polar surface area (TPSA) is 149 Å². The van der Waals surface area contributed by atoms with Crippen molar-refractivity contribution in [3.05, 3.63) is 123 Å². The van der Waals surface area contributed by atoms with E-state index in [2.05, 4.69) is 0 Å². The van der Waals surface area contributed by atoms with Crippen molar-refractivity contribution in [2.45, 2.75) is 91.0 Å². The summed E-state index contributed by atoms with van der Waals surface area (Å²) in [6.07, 6.45) is 0.212. The van der Waals surface area contributed by atoms with Crippen molar-refractivity contribution in [2.75, 3.05) is 19.8 Å². The van der Waals surface area contributed by atoms with Crippen LogP contribution in [0.3, 0.4) is 0 Å². The average Bonchev–Trinajstić information content (AvgIpc) is 3.58. The van der Waals surface area contributed by atoms with E-state index in [1.807, 2.05) is 80.6 Å². The molecule has 3 aliphatic rings. The van der Waals surface area contributed by atoms with Crippen molar-refractivity contribution in [1.29, 1.82) is 0 Å². The fourth-order valence-electron chi connectivity index (χ4n) is 7.71. The maximum absolute atomic E-state index is 14.8. The minimum atomic E-state index is -2.21. The minimum absolute atomic E-state index is 0.0174. The first-order chi connectivity index (χ1) is 27.8. The highest BCUT2D eigenvalue weighted by Crippen LogP contribution is 2.45. The third-order valence-electron chi connectivity index (χ3n) is 10.9. The molecule has 0 radical (unpaired) electrons. The second-order valence-corrected chi connectivity index (χ2v) is 16.6. The van der Waals surface area contributed by atoms with Gasteiger partial charge in [0.25, 0.3) is 16.8 Å². The van der Waals surface area contributed by atoms with Crippen LogP contribution < -0.4 is 9.74 Å². The molecule has 0 saturated carbocycles. The zero-order valence-corrected chi connectivity index (χ0v) is 34.1. The molecular formula is C44H48N2O11S. The molecule has 1 saturated heterocycles. The number of hydrogen-bond acceptors (Lipinski definition) is 11. The van der Waals surface area contributed by atoms with E-state index in [-0.39, 0.29) is 49.1 Å². The third kappa shape index (κ3) is 7.98. The number of rotatable bonds is 12. The summed E-state index contributed by atoms with van der Waals surface area (Å²) >= 11 is -2.21. The Morgan fingerprint density at radius 3 is 2.21 bits per heavy atom. The van der Waals surface area contributed by atoms with E-state index in [0.29, 0.717) is 31.1 Å². The van der Waals surface area contributed by atoms with Crippen LogP contribution in [0.5, 0.6) is 5.75 Å².